The van der Waals surface area contributed by atoms with Crippen LogP contribution in [-0.4, -0.2) is 67.0 Å². The number of esters is 4. The molecule has 0 aromatic carbocycles. The van der Waals surface area contributed by atoms with Crippen molar-refractivity contribution in [3.8, 4) is 0 Å². The van der Waals surface area contributed by atoms with E-state index < -0.39 is 60.4 Å². The molecule has 1 amide bonds. The third kappa shape index (κ3) is 8.06. The summed E-state index contributed by atoms with van der Waals surface area (Å²) in [6.45, 7) is 6.00. The van der Waals surface area contributed by atoms with Crippen molar-refractivity contribution >= 4 is 29.8 Å². The van der Waals surface area contributed by atoms with Gasteiger partial charge in [-0.1, -0.05) is 6.92 Å². The first-order valence-electron chi connectivity index (χ1n) is 9.15. The Kier molecular flexibility index (Phi) is 9.53. The fraction of sp³-hybridized carbons (Fsp3) is 0.722. The van der Waals surface area contributed by atoms with Crippen LogP contribution in [0.1, 0.15) is 47.5 Å². The Hall–Kier alpha value is -2.69. The zero-order valence-electron chi connectivity index (χ0n) is 17.1. The molecule has 0 aromatic heterocycles. The monoisotopic (exact) mass is 417 g/mol. The second kappa shape index (κ2) is 11.3. The molecule has 1 aliphatic rings. The van der Waals surface area contributed by atoms with E-state index in [0.29, 0.717) is 6.42 Å². The zero-order valence-corrected chi connectivity index (χ0v) is 17.1. The maximum Gasteiger partial charge on any atom is 0.305 e. The lowest BCUT2D eigenvalue weighted by Gasteiger charge is -2.44. The van der Waals surface area contributed by atoms with Gasteiger partial charge >= 0.3 is 23.9 Å². The molecule has 0 radical (unpaired) electrons. The van der Waals surface area contributed by atoms with Gasteiger partial charge in [0.15, 0.2) is 12.2 Å². The van der Waals surface area contributed by atoms with Gasteiger partial charge in [-0.05, 0) is 6.42 Å². The van der Waals surface area contributed by atoms with Crippen molar-refractivity contribution in [1.82, 2.24) is 5.32 Å². The highest BCUT2D eigenvalue weighted by molar-refractivity contribution is 5.76. The van der Waals surface area contributed by atoms with Crippen molar-refractivity contribution in [2.75, 3.05) is 6.61 Å². The fourth-order valence-corrected chi connectivity index (χ4v) is 2.81. The number of nitrogens with one attached hydrogen (secondary N) is 1. The van der Waals surface area contributed by atoms with Crippen LogP contribution >= 0.6 is 0 Å². The molecule has 0 unspecified atom stereocenters. The standard InChI is InChI=1S/C18H27NO10/c1-6-7-14(24)19-15-17(27-11(4)22)16(26-10(3)21)13(8-25-9(2)20)29-18(15)28-12(5)23/h13,15-18H,6-8H2,1-5H3,(H,19,24)/t13-,15-,16-,17-,18-/m1/s1. The average molecular weight is 417 g/mol. The number of amides is 1. The van der Waals surface area contributed by atoms with Gasteiger partial charge in [-0.25, -0.2) is 0 Å². The number of carbonyl (C=O) groups excluding carboxylic acids is 5. The van der Waals surface area contributed by atoms with E-state index in [1.165, 1.54) is 6.92 Å². The quantitative estimate of drug-likeness (QED) is 0.423. The predicted molar refractivity (Wildman–Crippen MR) is 95.0 cm³/mol. The molecule has 1 aliphatic heterocycles. The van der Waals surface area contributed by atoms with Gasteiger partial charge in [-0.3, -0.25) is 24.0 Å². The molecule has 0 bridgehead atoms. The van der Waals surface area contributed by atoms with Crippen LogP contribution in [0.5, 0.6) is 0 Å². The summed E-state index contributed by atoms with van der Waals surface area (Å²) in [5.74, 6) is -3.19. The molecule has 11 nitrogen and oxygen atoms in total. The number of hydrogen-bond acceptors (Lipinski definition) is 10. The molecule has 1 N–H and O–H groups in total. The molecule has 0 aromatic rings. The van der Waals surface area contributed by atoms with Gasteiger partial charge in [0.2, 0.25) is 12.2 Å². The summed E-state index contributed by atoms with van der Waals surface area (Å²) in [6, 6.07) is -1.15. The molecule has 0 aliphatic carbocycles. The van der Waals surface area contributed by atoms with Crippen molar-refractivity contribution < 1.29 is 47.7 Å². The molecule has 11 heteroatoms. The van der Waals surface area contributed by atoms with Crippen LogP contribution in [0.15, 0.2) is 0 Å². The Morgan fingerprint density at radius 2 is 1.38 bits per heavy atom. The van der Waals surface area contributed by atoms with Gasteiger partial charge in [-0.2, -0.15) is 0 Å². The van der Waals surface area contributed by atoms with Crippen LogP contribution in [0.2, 0.25) is 0 Å². The van der Waals surface area contributed by atoms with Gasteiger partial charge in [0, 0.05) is 34.1 Å². The zero-order chi connectivity index (χ0) is 22.1. The second-order valence-corrected chi connectivity index (χ2v) is 6.45. The van der Waals surface area contributed by atoms with Gasteiger partial charge < -0.3 is 29.0 Å². The van der Waals surface area contributed by atoms with Gasteiger partial charge in [0.1, 0.15) is 18.8 Å². The molecule has 1 heterocycles. The molecular formula is C18H27NO10. The van der Waals surface area contributed by atoms with Crippen LogP contribution in [0.25, 0.3) is 0 Å². The molecule has 164 valence electrons. The third-order valence-corrected chi connectivity index (χ3v) is 3.79. The third-order valence-electron chi connectivity index (χ3n) is 3.79. The SMILES string of the molecule is CCCC(=O)N[C@H]1[C@H](OC(C)=O)O[C@H](COC(C)=O)[C@@H](OC(C)=O)[C@@H]1OC(C)=O. The fourth-order valence-electron chi connectivity index (χ4n) is 2.81. The van der Waals surface area contributed by atoms with E-state index in [1.54, 1.807) is 6.92 Å². The maximum atomic E-state index is 12.2. The Morgan fingerprint density at radius 1 is 0.828 bits per heavy atom. The van der Waals surface area contributed by atoms with Crippen molar-refractivity contribution in [2.45, 2.75) is 78.1 Å². The first-order valence-corrected chi connectivity index (χ1v) is 9.15. The van der Waals surface area contributed by atoms with E-state index in [4.69, 9.17) is 23.7 Å². The van der Waals surface area contributed by atoms with E-state index in [2.05, 4.69) is 5.32 Å². The maximum absolute atomic E-state index is 12.2. The molecule has 1 rings (SSSR count). The van der Waals surface area contributed by atoms with Crippen LogP contribution in [0.4, 0.5) is 0 Å². The largest absolute Gasteiger partial charge is 0.463 e. The molecule has 29 heavy (non-hydrogen) atoms. The van der Waals surface area contributed by atoms with Crippen molar-refractivity contribution in [3.05, 3.63) is 0 Å². The van der Waals surface area contributed by atoms with Crippen LogP contribution < -0.4 is 5.32 Å². The van der Waals surface area contributed by atoms with Crippen molar-refractivity contribution in [1.29, 1.82) is 0 Å². The van der Waals surface area contributed by atoms with Crippen LogP contribution in [0, 0.1) is 0 Å². The Labute approximate surface area is 168 Å². The number of hydrogen-bond donors (Lipinski definition) is 1. The minimum atomic E-state index is -1.37. The molecule has 5 atom stereocenters. The van der Waals surface area contributed by atoms with E-state index in [9.17, 15) is 24.0 Å². The van der Waals surface area contributed by atoms with Gasteiger partial charge in [0.25, 0.3) is 0 Å². The minimum Gasteiger partial charge on any atom is -0.463 e. The lowest BCUT2D eigenvalue weighted by molar-refractivity contribution is -0.271. The summed E-state index contributed by atoms with van der Waals surface area (Å²) >= 11 is 0. The number of carbonyl (C=O) groups is 5. The average Bonchev–Trinajstić information content (AvgIpc) is 2.57. The second-order valence-electron chi connectivity index (χ2n) is 6.45. The lowest BCUT2D eigenvalue weighted by atomic mass is 9.96. The predicted octanol–water partition coefficient (Wildman–Crippen LogP) is -0.0142. The first-order chi connectivity index (χ1) is 13.5. The van der Waals surface area contributed by atoms with Crippen molar-refractivity contribution in [3.63, 3.8) is 0 Å². The Morgan fingerprint density at radius 3 is 1.86 bits per heavy atom. The summed E-state index contributed by atoms with van der Waals surface area (Å²) in [5, 5.41) is 2.60. The van der Waals surface area contributed by atoms with Gasteiger partial charge in [0.05, 0.1) is 0 Å². The van der Waals surface area contributed by atoms with Crippen LogP contribution in [0.3, 0.4) is 0 Å². The highest BCUT2D eigenvalue weighted by Crippen LogP contribution is 2.28. The summed E-state index contributed by atoms with van der Waals surface area (Å²) < 4.78 is 26.3. The van der Waals surface area contributed by atoms with Crippen LogP contribution in [-0.2, 0) is 47.7 Å². The Bertz CT molecular complexity index is 634. The summed E-state index contributed by atoms with van der Waals surface area (Å²) in [5.41, 5.74) is 0. The topological polar surface area (TPSA) is 144 Å². The first kappa shape index (κ1) is 24.3. The van der Waals surface area contributed by atoms with E-state index in [-0.39, 0.29) is 13.0 Å². The lowest BCUT2D eigenvalue weighted by Crippen LogP contribution is -2.67. The number of rotatable bonds is 8. The smallest absolute Gasteiger partial charge is 0.305 e. The molecule has 0 spiro atoms. The summed E-state index contributed by atoms with van der Waals surface area (Å²) in [7, 11) is 0. The van der Waals surface area contributed by atoms with Crippen molar-refractivity contribution in [2.24, 2.45) is 0 Å². The summed E-state index contributed by atoms with van der Waals surface area (Å²) in [6.07, 6.45) is -4.27. The highest BCUT2D eigenvalue weighted by Gasteiger charge is 2.52. The highest BCUT2D eigenvalue weighted by atomic mass is 16.7. The molecule has 0 saturated carbocycles. The molecule has 1 fully saturated rings. The Balaban J connectivity index is 3.31. The normalized spacial score (nSPS) is 26.0. The van der Waals surface area contributed by atoms with E-state index >= 15 is 0 Å². The van der Waals surface area contributed by atoms with E-state index in [1.807, 2.05) is 0 Å². The molecular weight excluding hydrogens is 390 g/mol. The van der Waals surface area contributed by atoms with E-state index in [0.717, 1.165) is 20.8 Å². The minimum absolute atomic E-state index is 0.158. The number of ether oxygens (including phenoxy) is 5. The molecule has 1 saturated heterocycles. The van der Waals surface area contributed by atoms with Gasteiger partial charge in [-0.15, -0.1) is 0 Å². The summed E-state index contributed by atoms with van der Waals surface area (Å²) in [4.78, 5) is 58.2.